The number of unbranched alkanes of at least 4 members (excludes halogenated alkanes) is 2. The second kappa shape index (κ2) is 54.4. The number of hydrogen-bond acceptors (Lipinski definition) is 38. The number of aromatic amines is 1. The number of amides is 13. The fourth-order valence-corrected chi connectivity index (χ4v) is 19.4. The van der Waals surface area contributed by atoms with Gasteiger partial charge in [0.15, 0.2) is 40.4 Å². The number of nitrogens with zero attached hydrogens (tertiary/aromatic N) is 8. The number of thioether (sulfide) groups is 1. The van der Waals surface area contributed by atoms with E-state index in [0.29, 0.717) is 103 Å². The number of carbonyl (C=O) groups is 18. The number of carbonyl (C=O) groups excluding carboxylic acids is 13. The summed E-state index contributed by atoms with van der Waals surface area (Å²) in [4.78, 5) is 275. The summed E-state index contributed by atoms with van der Waals surface area (Å²) in [6, 6.07) is -0.910. The van der Waals surface area contributed by atoms with E-state index in [9.17, 15) is 117 Å². The van der Waals surface area contributed by atoms with Gasteiger partial charge in [0.25, 0.3) is 23.3 Å². The predicted octanol–water partition coefficient (Wildman–Crippen LogP) is -0.613. The van der Waals surface area contributed by atoms with Crippen molar-refractivity contribution in [2.75, 3.05) is 115 Å². The summed E-state index contributed by atoms with van der Waals surface area (Å²) in [6.45, 7) is 12.9. The first kappa shape index (κ1) is 115. The van der Waals surface area contributed by atoms with E-state index in [1.807, 2.05) is 24.5 Å². The molecule has 10 atom stereocenters. The minimum Gasteiger partial charge on any atom is -0.493 e. The van der Waals surface area contributed by atoms with Gasteiger partial charge in [0, 0.05) is 105 Å². The Hall–Kier alpha value is -15.0. The SMILES string of the molecule is C=C1CC(C2OCCN2C(=O)OCC(C)(C)SSCCC(=O)NCCNC(=O)CCN2C(=O)CC(SC[C@H](NC(=O)[C@H](CC(=O)O)NC(=O)[C@H](CC(=O)O)NC(=O)[C@H](CCCNC(N)N)NC(=O)[C@H](CC(=O)O)NC(=O)CC[C@H](NC(=O)c3ccc(NCc4cnc5nc(N)[nH]c(=O)c5n4)cc3)C(=O)O)C(=O)O)C2=O)N(C(=O)c2cc(OC)c(OCCCCCOc3cc4c(cc3OC)C(=O)N3CC(=C)C[C@H]3C=N4)cc2N)C1. The molecule has 56 heteroatoms. The highest BCUT2D eigenvalue weighted by atomic mass is 33.1. The first-order valence-electron chi connectivity index (χ1n) is 46.7. The molecule has 4 saturated heterocycles. The third-order valence-corrected chi connectivity index (χ3v) is 27.9. The number of likely N-dealkylation sites (tertiary alicyclic amines) is 2. The topological polar surface area (TPSA) is 785 Å². The number of ether oxygens (including phenoxy) is 6. The Bertz CT molecular complexity index is 5920. The van der Waals surface area contributed by atoms with E-state index in [4.69, 9.17) is 51.4 Å². The van der Waals surface area contributed by atoms with Crippen LogP contribution in [-0.4, -0.2) is 347 Å². The van der Waals surface area contributed by atoms with Crippen LogP contribution in [-0.2, 0) is 83.1 Å². The molecule has 0 bridgehead atoms. The first-order chi connectivity index (χ1) is 70.4. The predicted molar refractivity (Wildman–Crippen MR) is 533 cm³/mol. The van der Waals surface area contributed by atoms with Gasteiger partial charge < -0.3 is 135 Å². The number of hydrogen-bond donors (Lipinski definition) is 20. The van der Waals surface area contributed by atoms with E-state index in [-0.39, 0.29) is 123 Å². The standard InChI is InChI=1S/C92H119N23O30S3/c1-46-29-51-41-101-57-34-66(64(141-6)32-53(57)84(133)114(51)42-46)143-26-9-7-8-25-142-65-33-54(93)52(31-63(65)140-5)83(132)115-43-47(2)30-62(115)86-113(24-27-144-86)91(139)145-45-92(3,4)148-147-28-19-69(117)98-22-21-97-68(116)18-23-112-71(119)38-67(85(112)134)146-44-61(88(137)138)109-81(130)60(37-74(124)125)108-80(129)59(36-73(122)123)107-78(127)55(11-10-20-99-89(94)95)105-79(128)58(35-72(120)121)104-70(118)17-16-56(87(135)136)106-77(126)48-12-14-49(15-13-48)100-39-50-40-102-76-75(103-50)82(131)111-90(96)110-76/h12-15,31-34,40-41,51,55-56,58-62,67,86,89,99-100H,1-2,7-11,16-30,35-39,42-45,93-95H2,3-6H3,(H,97,116)(H,98,117)(H,104,118)(H,105,128)(H,106,126)(H,107,127)(H,108,129)(H,109,130)(H,120,121)(H,122,123)(H,124,125)(H,135,136)(H,137,138)(H3,96,102,110,111,131)/t51-,55-,56-,58-,59-,60-,61-,62?,67?,86?/m0/s1. The van der Waals surface area contributed by atoms with Crippen LogP contribution in [0.5, 0.6) is 23.0 Å². The quantitative estimate of drug-likeness (QED) is 0.00576. The number of imide groups is 1. The molecule has 800 valence electrons. The van der Waals surface area contributed by atoms with Crippen LogP contribution in [0.4, 0.5) is 27.8 Å². The minimum atomic E-state index is -2.25. The average Bonchev–Trinajstić information content (AvgIpc) is 1.60. The molecule has 0 saturated carbocycles. The highest BCUT2D eigenvalue weighted by molar-refractivity contribution is 8.77. The number of aliphatic imine (C=N–C) groups is 1. The third kappa shape index (κ3) is 33.5. The molecule has 24 N–H and O–H groups in total. The van der Waals surface area contributed by atoms with Gasteiger partial charge in [-0.1, -0.05) is 45.9 Å². The number of fused-ring (bicyclic) bond motifs is 3. The van der Waals surface area contributed by atoms with Crippen molar-refractivity contribution in [2.24, 2.45) is 16.5 Å². The number of aromatic nitrogens is 4. The van der Waals surface area contributed by atoms with Crippen LogP contribution in [0.25, 0.3) is 11.2 Å². The first-order valence-corrected chi connectivity index (χ1v) is 50.1. The summed E-state index contributed by atoms with van der Waals surface area (Å²) in [5, 5.41) is 72.1. The summed E-state index contributed by atoms with van der Waals surface area (Å²) < 4.78 is 34.8. The van der Waals surface area contributed by atoms with Crippen molar-refractivity contribution in [1.29, 1.82) is 0 Å². The van der Waals surface area contributed by atoms with Crippen LogP contribution in [0.2, 0.25) is 0 Å². The van der Waals surface area contributed by atoms with Crippen LogP contribution in [0.1, 0.15) is 147 Å². The van der Waals surface area contributed by atoms with Gasteiger partial charge in [0.2, 0.25) is 59.1 Å². The second-order valence-electron chi connectivity index (χ2n) is 35.3. The smallest absolute Gasteiger partial charge is 0.412 e. The number of nitrogens with two attached hydrogens (primary N) is 4. The third-order valence-electron chi connectivity index (χ3n) is 23.3. The number of carboxylic acid groups (broad SMARTS) is 5. The molecule has 13 amide bonds. The van der Waals surface area contributed by atoms with Crippen molar-refractivity contribution < 1.29 is 140 Å². The van der Waals surface area contributed by atoms with Crippen molar-refractivity contribution >= 4 is 181 Å². The zero-order chi connectivity index (χ0) is 108. The summed E-state index contributed by atoms with van der Waals surface area (Å²) in [5.74, 6) is -18.7. The highest BCUT2D eigenvalue weighted by Gasteiger charge is 2.47. The zero-order valence-electron chi connectivity index (χ0n) is 81.1. The maximum Gasteiger partial charge on any atom is 0.412 e. The Kier molecular flexibility index (Phi) is 42.3. The van der Waals surface area contributed by atoms with E-state index >= 15 is 0 Å². The number of rotatable bonds is 58. The van der Waals surface area contributed by atoms with Gasteiger partial charge in [-0.2, -0.15) is 4.98 Å². The van der Waals surface area contributed by atoms with E-state index in [1.54, 1.807) is 28.1 Å². The Morgan fingerprint density at radius 3 is 1.87 bits per heavy atom. The summed E-state index contributed by atoms with van der Waals surface area (Å²) in [5.41, 5.74) is 26.3. The van der Waals surface area contributed by atoms with Gasteiger partial charge >= 0.3 is 35.9 Å². The molecule has 5 aliphatic rings. The van der Waals surface area contributed by atoms with Gasteiger partial charge in [0.1, 0.15) is 49.1 Å². The van der Waals surface area contributed by atoms with E-state index in [0.717, 1.165) is 22.5 Å². The minimum absolute atomic E-state index is 0.0125. The maximum atomic E-state index is 14.5. The number of H-pyrrole nitrogens is 1. The number of nitrogen functional groups attached to an aromatic ring is 2. The van der Waals surface area contributed by atoms with Gasteiger partial charge in [-0.3, -0.25) is 102 Å². The Balaban J connectivity index is 0.610. The van der Waals surface area contributed by atoms with Gasteiger partial charge in [-0.25, -0.2) is 24.4 Å². The van der Waals surface area contributed by atoms with Crippen molar-refractivity contribution in [3.63, 3.8) is 0 Å². The fourth-order valence-electron chi connectivity index (χ4n) is 15.8. The molecule has 0 radical (unpaired) electrons. The van der Waals surface area contributed by atoms with E-state index in [2.05, 4.69) is 80.6 Å². The molecule has 5 aromatic rings. The Morgan fingerprint density at radius 1 is 0.642 bits per heavy atom. The van der Waals surface area contributed by atoms with Crippen molar-refractivity contribution in [3.05, 3.63) is 112 Å². The molecular weight excluding hydrogens is 2000 g/mol. The largest absolute Gasteiger partial charge is 0.493 e. The molecule has 7 heterocycles. The summed E-state index contributed by atoms with van der Waals surface area (Å²) >= 11 is 0.586. The normalized spacial score (nSPS) is 17.0. The van der Waals surface area contributed by atoms with Crippen LogP contribution >= 0.6 is 33.3 Å². The highest BCUT2D eigenvalue weighted by Crippen LogP contribution is 2.42. The molecule has 4 fully saturated rings. The molecule has 0 aliphatic carbocycles. The monoisotopic (exact) mass is 2120 g/mol. The lowest BCUT2D eigenvalue weighted by Crippen LogP contribution is -2.59. The number of methoxy groups -OCH3 is 2. The number of anilines is 3. The molecule has 2 aromatic heterocycles. The van der Waals surface area contributed by atoms with Gasteiger partial charge in [-0.05, 0) is 108 Å². The lowest BCUT2D eigenvalue weighted by Gasteiger charge is -2.33. The average molecular weight is 2120 g/mol. The molecular formula is C92H119N23O30S3. The van der Waals surface area contributed by atoms with Crippen molar-refractivity contribution in [1.82, 2.24) is 87.4 Å². The number of benzene rings is 3. The van der Waals surface area contributed by atoms with Crippen LogP contribution in [0.3, 0.4) is 0 Å². The van der Waals surface area contributed by atoms with Crippen LogP contribution in [0, 0.1) is 0 Å². The fraction of sp³-hybridized carbons (Fsp3) is 0.489. The molecule has 148 heavy (non-hydrogen) atoms. The van der Waals surface area contributed by atoms with Crippen molar-refractivity contribution in [2.45, 2.75) is 188 Å². The van der Waals surface area contributed by atoms with Crippen LogP contribution in [0.15, 0.2) is 88.8 Å². The number of nitrogens with one attached hydrogen (secondary N) is 11. The molecule has 3 aromatic carbocycles. The number of aliphatic carboxylic acids is 5. The molecule has 5 aliphatic heterocycles. The lowest BCUT2D eigenvalue weighted by atomic mass is 10.1. The van der Waals surface area contributed by atoms with Crippen LogP contribution < -0.4 is 101 Å². The zero-order valence-corrected chi connectivity index (χ0v) is 83.5. The van der Waals surface area contributed by atoms with Gasteiger partial charge in [0.05, 0.1) is 117 Å². The molecule has 3 unspecified atom stereocenters. The molecule has 10 rings (SSSR count). The summed E-state index contributed by atoms with van der Waals surface area (Å²) in [6.07, 6.45) is -3.14. The lowest BCUT2D eigenvalue weighted by molar-refractivity contribution is -0.144. The number of carboxylic acids is 5. The maximum absolute atomic E-state index is 14.5. The summed E-state index contributed by atoms with van der Waals surface area (Å²) in [7, 11) is 5.68. The Labute approximate surface area is 857 Å². The van der Waals surface area contributed by atoms with E-state index < -0.39 is 229 Å². The van der Waals surface area contributed by atoms with Crippen molar-refractivity contribution in [3.8, 4) is 23.0 Å². The van der Waals surface area contributed by atoms with E-state index in [1.165, 1.54) is 83.3 Å². The van der Waals surface area contributed by atoms with Gasteiger partial charge in [-0.15, -0.1) is 11.8 Å². The Morgan fingerprint density at radius 2 is 1.24 bits per heavy atom. The molecule has 0 spiro atoms. The second-order valence-corrected chi connectivity index (χ2v) is 39.6. The molecule has 53 nitrogen and oxygen atoms in total.